The summed E-state index contributed by atoms with van der Waals surface area (Å²) in [5.41, 5.74) is 2.51. The highest BCUT2D eigenvalue weighted by Gasteiger charge is 2.15. The maximum absolute atomic E-state index is 12.1. The Morgan fingerprint density at radius 3 is 0.415 bits per heavy atom. The zero-order chi connectivity index (χ0) is 89.5. The van der Waals surface area contributed by atoms with Crippen LogP contribution < -0.4 is 47.4 Å². The van der Waals surface area contributed by atoms with E-state index >= 15 is 0 Å². The summed E-state index contributed by atoms with van der Waals surface area (Å²) in [6, 6.07) is 70.4. The summed E-state index contributed by atoms with van der Waals surface area (Å²) in [6.07, 6.45) is 37.2. The van der Waals surface area contributed by atoms with Crippen molar-refractivity contribution in [3.63, 3.8) is 0 Å². The van der Waals surface area contributed by atoms with Gasteiger partial charge in [-0.2, -0.15) is 0 Å². The Morgan fingerprint density at radius 1 is 0.169 bits per heavy atom. The van der Waals surface area contributed by atoms with Crippen molar-refractivity contribution in [1.29, 1.82) is 0 Å². The second-order valence-electron chi connectivity index (χ2n) is 30.1. The second kappa shape index (κ2) is 73.6. The van der Waals surface area contributed by atoms with Crippen molar-refractivity contribution >= 4 is 93.0 Å². The number of hydrogen-bond acceptors (Lipinski definition) is 20. The number of thiol groups is 5. The molecule has 0 unspecified atom stereocenters. The molecule has 710 valence electrons. The standard InChI is InChI=1S/5C21H26O3S.5FH/c5*1-2-3-4-5-6-7-16-23-18-10-8-17(9-11-18)21(22)24-19-12-14-20(25)15-13-19;;;;;/h5*8-15,25H,2-7,16H2,1H3;5*1H. The highest BCUT2D eigenvalue weighted by Crippen LogP contribution is 2.26. The van der Waals surface area contributed by atoms with Crippen LogP contribution >= 0.6 is 63.1 Å². The van der Waals surface area contributed by atoms with Gasteiger partial charge in [0.2, 0.25) is 0 Å². The molecule has 0 aromatic heterocycles. The van der Waals surface area contributed by atoms with Crippen LogP contribution in [0.25, 0.3) is 0 Å². The van der Waals surface area contributed by atoms with Crippen molar-refractivity contribution in [3.05, 3.63) is 270 Å². The molecule has 0 aliphatic carbocycles. The molecule has 0 aliphatic rings. The maximum atomic E-state index is 12.1. The van der Waals surface area contributed by atoms with Crippen LogP contribution in [0.3, 0.4) is 0 Å². The minimum Gasteiger partial charge on any atom is -0.494 e. The SMILES string of the molecule is CCCCCCCCOc1ccc(C(=O)Oc2ccc(S)cc2)cc1.CCCCCCCCOc1ccc(C(=O)Oc2ccc(S)cc2)cc1.CCCCCCCCOc1ccc(C(=O)Oc2ccc(S)cc2)cc1.CCCCCCCCOc1ccc(C(=O)Oc2ccc(S)cc2)cc1.CCCCCCCCOc1ccc(C(=O)Oc2ccc(S)cc2)cc1.F.F.F.F.F. The Balaban J connectivity index is 0.000000805. The van der Waals surface area contributed by atoms with E-state index in [0.29, 0.717) is 89.6 Å². The summed E-state index contributed by atoms with van der Waals surface area (Å²) in [5.74, 6) is 4.54. The Bertz CT molecular complexity index is 3890. The van der Waals surface area contributed by atoms with Gasteiger partial charge in [-0.1, -0.05) is 195 Å². The van der Waals surface area contributed by atoms with Gasteiger partial charge in [-0.15, -0.1) is 63.1 Å². The lowest BCUT2D eigenvalue weighted by atomic mass is 10.1. The molecule has 0 N–H and O–H groups in total. The number of unbranched alkanes of at least 4 members (excludes halogenated alkanes) is 25. The van der Waals surface area contributed by atoms with Gasteiger partial charge in [0.05, 0.1) is 60.9 Å². The van der Waals surface area contributed by atoms with Crippen LogP contribution in [0.4, 0.5) is 23.5 Å². The topological polar surface area (TPSA) is 178 Å². The first kappa shape index (κ1) is 118. The monoisotopic (exact) mass is 1890 g/mol. The second-order valence-corrected chi connectivity index (χ2v) is 32.7. The van der Waals surface area contributed by atoms with Gasteiger partial charge in [-0.05, 0) is 275 Å². The molecular formula is C105H135F5O15S5. The lowest BCUT2D eigenvalue weighted by Crippen LogP contribution is -2.08. The third-order valence-corrected chi connectivity index (χ3v) is 21.0. The third kappa shape index (κ3) is 52.7. The highest BCUT2D eigenvalue weighted by molar-refractivity contribution is 7.81. The first-order valence-corrected chi connectivity index (χ1v) is 46.9. The third-order valence-electron chi connectivity index (χ3n) is 19.5. The number of carbonyl (C=O) groups excluding carboxylic acids is 5. The highest BCUT2D eigenvalue weighted by atomic mass is 32.1. The predicted molar refractivity (Wildman–Crippen MR) is 532 cm³/mol. The molecule has 0 atom stereocenters. The van der Waals surface area contributed by atoms with Gasteiger partial charge in [0.15, 0.2) is 0 Å². The van der Waals surface area contributed by atoms with E-state index in [-0.39, 0.29) is 53.4 Å². The number of esters is 5. The summed E-state index contributed by atoms with van der Waals surface area (Å²) < 4.78 is 55.2. The number of rotatable bonds is 50. The maximum Gasteiger partial charge on any atom is 0.343 e. The largest absolute Gasteiger partial charge is 0.494 e. The molecule has 0 amide bonds. The molecule has 0 radical (unpaired) electrons. The van der Waals surface area contributed by atoms with Crippen LogP contribution in [-0.4, -0.2) is 62.9 Å². The van der Waals surface area contributed by atoms with Crippen molar-refractivity contribution in [2.24, 2.45) is 0 Å². The normalized spacial score (nSPS) is 10.1. The van der Waals surface area contributed by atoms with E-state index in [2.05, 4.69) is 97.8 Å². The smallest absolute Gasteiger partial charge is 0.343 e. The molecule has 0 heterocycles. The predicted octanol–water partition coefficient (Wildman–Crippen LogP) is 30.4. The summed E-state index contributed by atoms with van der Waals surface area (Å²) in [5, 5.41) is 0. The summed E-state index contributed by atoms with van der Waals surface area (Å²) in [6.45, 7) is 14.7. The quantitative estimate of drug-likeness (QED) is 0.00799. The Morgan fingerprint density at radius 2 is 0.285 bits per heavy atom. The van der Waals surface area contributed by atoms with E-state index in [1.807, 2.05) is 60.7 Å². The van der Waals surface area contributed by atoms with Gasteiger partial charge in [-0.25, -0.2) is 24.0 Å². The summed E-state index contributed by atoms with van der Waals surface area (Å²) >= 11 is 21.0. The lowest BCUT2D eigenvalue weighted by molar-refractivity contribution is 0.0725. The van der Waals surface area contributed by atoms with Crippen molar-refractivity contribution in [3.8, 4) is 57.5 Å². The zero-order valence-electron chi connectivity index (χ0n) is 75.7. The Labute approximate surface area is 795 Å². The molecule has 0 saturated heterocycles. The van der Waals surface area contributed by atoms with Crippen LogP contribution in [0.1, 0.15) is 279 Å². The molecule has 0 saturated carbocycles. The van der Waals surface area contributed by atoms with Crippen molar-refractivity contribution in [1.82, 2.24) is 0 Å². The first-order valence-electron chi connectivity index (χ1n) is 44.6. The first-order chi connectivity index (χ1) is 60.9. The molecular weight excluding hydrogens is 1760 g/mol. The Hall–Kier alpha value is -10.1. The van der Waals surface area contributed by atoms with Crippen LogP contribution in [0.5, 0.6) is 57.5 Å². The van der Waals surface area contributed by atoms with Gasteiger partial charge in [0.1, 0.15) is 57.5 Å². The number of ether oxygens (including phenoxy) is 10. The van der Waals surface area contributed by atoms with Crippen molar-refractivity contribution < 1.29 is 94.9 Å². The minimum atomic E-state index is -0.380. The van der Waals surface area contributed by atoms with Gasteiger partial charge in [0.25, 0.3) is 0 Å². The average molecular weight is 1890 g/mol. The molecule has 25 heteroatoms. The lowest BCUT2D eigenvalue weighted by Gasteiger charge is -2.08. The molecule has 10 rings (SSSR count). The number of benzene rings is 10. The van der Waals surface area contributed by atoms with E-state index in [0.717, 1.165) is 85.3 Å². The molecule has 15 nitrogen and oxygen atoms in total. The fourth-order valence-electron chi connectivity index (χ4n) is 12.2. The van der Waals surface area contributed by atoms with E-state index in [1.54, 1.807) is 182 Å². The van der Waals surface area contributed by atoms with Crippen LogP contribution in [0.2, 0.25) is 0 Å². The fraction of sp³-hybridized carbons (Fsp3) is 0.381. The summed E-state index contributed by atoms with van der Waals surface area (Å²) in [4.78, 5) is 64.7. The summed E-state index contributed by atoms with van der Waals surface area (Å²) in [7, 11) is 0. The van der Waals surface area contributed by atoms with Crippen LogP contribution in [0, 0.1) is 0 Å². The van der Waals surface area contributed by atoms with Gasteiger partial charge < -0.3 is 47.4 Å². The van der Waals surface area contributed by atoms with Gasteiger partial charge in [-0.3, -0.25) is 23.5 Å². The van der Waals surface area contributed by atoms with Crippen LogP contribution in [0.15, 0.2) is 267 Å². The molecule has 0 aliphatic heterocycles. The molecule has 130 heavy (non-hydrogen) atoms. The van der Waals surface area contributed by atoms with Crippen LogP contribution in [-0.2, 0) is 0 Å². The molecule has 0 bridgehead atoms. The molecule has 0 fully saturated rings. The van der Waals surface area contributed by atoms with Gasteiger partial charge >= 0.3 is 29.8 Å². The zero-order valence-corrected chi connectivity index (χ0v) is 80.2. The number of carbonyl (C=O) groups is 5. The van der Waals surface area contributed by atoms with Crippen molar-refractivity contribution in [2.45, 2.75) is 252 Å². The number of hydrogen-bond donors (Lipinski definition) is 5. The van der Waals surface area contributed by atoms with E-state index in [1.165, 1.54) is 161 Å². The Kier molecular flexibility index (Phi) is 66.8. The van der Waals surface area contributed by atoms with Gasteiger partial charge in [0, 0.05) is 24.5 Å². The van der Waals surface area contributed by atoms with Crippen molar-refractivity contribution in [2.75, 3.05) is 33.0 Å². The van der Waals surface area contributed by atoms with E-state index in [9.17, 15) is 24.0 Å². The van der Waals surface area contributed by atoms with E-state index in [4.69, 9.17) is 47.4 Å². The molecule has 10 aromatic carbocycles. The average Bonchev–Trinajstić information content (AvgIpc) is 0.885. The minimum absolute atomic E-state index is 0. The molecule has 10 aromatic rings. The molecule has 0 spiro atoms. The fourth-order valence-corrected chi connectivity index (χ4v) is 12.9. The van der Waals surface area contributed by atoms with E-state index < -0.39 is 0 Å². The number of halogens is 5.